The molecule has 1 fully saturated rings. The van der Waals surface area contributed by atoms with Crippen LogP contribution >= 0.6 is 23.2 Å². The van der Waals surface area contributed by atoms with Crippen molar-refractivity contribution in [2.24, 2.45) is 17.6 Å². The maximum atomic E-state index is 14.3. The lowest BCUT2D eigenvalue weighted by Gasteiger charge is -2.25. The van der Waals surface area contributed by atoms with Gasteiger partial charge in [-0.25, -0.2) is 4.39 Å². The predicted molar refractivity (Wildman–Crippen MR) is 85.6 cm³/mol. The minimum absolute atomic E-state index is 0.0955. The molecule has 4 nitrogen and oxygen atoms in total. The van der Waals surface area contributed by atoms with E-state index in [4.69, 9.17) is 33.7 Å². The van der Waals surface area contributed by atoms with E-state index in [1.54, 1.807) is 6.92 Å². The summed E-state index contributed by atoms with van der Waals surface area (Å²) in [5.41, 5.74) is 6.05. The standard InChI is InChI=1S/C16H14Cl2FNO3/c1-6-8-5-13(16(20)22)23-15(8)9(4-12(6)19)14-10(17)2-7(21)3-11(14)18/h2-4,6,8,13,21H,5H2,1H3,(H2,20,22). The van der Waals surface area contributed by atoms with Crippen LogP contribution in [0.1, 0.15) is 18.9 Å². The third-order valence-corrected chi connectivity index (χ3v) is 4.87. The van der Waals surface area contributed by atoms with Gasteiger partial charge < -0.3 is 15.6 Å². The van der Waals surface area contributed by atoms with Gasteiger partial charge in [-0.2, -0.15) is 0 Å². The van der Waals surface area contributed by atoms with Gasteiger partial charge in [0.05, 0.1) is 10.0 Å². The van der Waals surface area contributed by atoms with E-state index in [0.717, 1.165) is 0 Å². The highest BCUT2D eigenvalue weighted by Crippen LogP contribution is 2.49. The number of aromatic hydroxyl groups is 1. The van der Waals surface area contributed by atoms with E-state index in [0.29, 0.717) is 23.3 Å². The highest BCUT2D eigenvalue weighted by Gasteiger charge is 2.43. The molecule has 122 valence electrons. The van der Waals surface area contributed by atoms with E-state index in [2.05, 4.69) is 0 Å². The second-order valence-electron chi connectivity index (χ2n) is 5.73. The number of carbonyl (C=O) groups is 1. The normalized spacial score (nSPS) is 26.6. The van der Waals surface area contributed by atoms with Crippen LogP contribution in [0.4, 0.5) is 4.39 Å². The molecule has 1 heterocycles. The Kier molecular flexibility index (Phi) is 4.02. The Morgan fingerprint density at radius 1 is 1.39 bits per heavy atom. The fourth-order valence-electron chi connectivity index (χ4n) is 3.04. The summed E-state index contributed by atoms with van der Waals surface area (Å²) in [6, 6.07) is 2.63. The van der Waals surface area contributed by atoms with Crippen molar-refractivity contribution in [2.75, 3.05) is 0 Å². The Morgan fingerprint density at radius 2 is 2.00 bits per heavy atom. The number of halogens is 3. The summed E-state index contributed by atoms with van der Waals surface area (Å²) in [4.78, 5) is 11.4. The number of carbonyl (C=O) groups excluding carboxylic acids is 1. The summed E-state index contributed by atoms with van der Waals surface area (Å²) in [6.07, 6.45) is 0.815. The SMILES string of the molecule is CC1C(F)=CC(c2c(Cl)cc(O)cc2Cl)=C2OC(C(N)=O)CC21. The molecular formula is C16H14Cl2FNO3. The number of rotatable bonds is 2. The van der Waals surface area contributed by atoms with Gasteiger partial charge in [0.2, 0.25) is 0 Å². The van der Waals surface area contributed by atoms with E-state index in [-0.39, 0.29) is 27.5 Å². The summed E-state index contributed by atoms with van der Waals surface area (Å²) < 4.78 is 20.0. The summed E-state index contributed by atoms with van der Waals surface area (Å²) >= 11 is 12.3. The van der Waals surface area contributed by atoms with Crippen LogP contribution in [0.15, 0.2) is 29.8 Å². The van der Waals surface area contributed by atoms with Crippen molar-refractivity contribution < 1.29 is 19.0 Å². The molecule has 0 aromatic heterocycles. The molecule has 1 amide bonds. The van der Waals surface area contributed by atoms with Gasteiger partial charge in [-0.15, -0.1) is 0 Å². The van der Waals surface area contributed by atoms with Crippen LogP contribution in [0.5, 0.6) is 5.75 Å². The largest absolute Gasteiger partial charge is 0.508 e. The number of hydrogen-bond acceptors (Lipinski definition) is 3. The van der Waals surface area contributed by atoms with Gasteiger partial charge in [-0.1, -0.05) is 30.1 Å². The average molecular weight is 358 g/mol. The van der Waals surface area contributed by atoms with E-state index >= 15 is 0 Å². The molecule has 1 aliphatic heterocycles. The number of fused-ring (bicyclic) bond motifs is 1. The fraction of sp³-hybridized carbons (Fsp3) is 0.312. The molecule has 23 heavy (non-hydrogen) atoms. The summed E-state index contributed by atoms with van der Waals surface area (Å²) in [7, 11) is 0. The van der Waals surface area contributed by atoms with Gasteiger partial charge in [-0.3, -0.25) is 4.79 Å². The minimum Gasteiger partial charge on any atom is -0.508 e. The van der Waals surface area contributed by atoms with Gasteiger partial charge in [0.15, 0.2) is 6.10 Å². The minimum atomic E-state index is -0.804. The lowest BCUT2D eigenvalue weighted by atomic mass is 9.81. The highest BCUT2D eigenvalue weighted by atomic mass is 35.5. The smallest absolute Gasteiger partial charge is 0.258 e. The number of allylic oxidation sites excluding steroid dienone is 4. The zero-order chi connectivity index (χ0) is 16.9. The number of phenolic OH excluding ortho intramolecular Hbond substituents is 1. The van der Waals surface area contributed by atoms with Crippen LogP contribution in [-0.4, -0.2) is 17.1 Å². The molecule has 3 rings (SSSR count). The van der Waals surface area contributed by atoms with E-state index < -0.39 is 17.9 Å². The molecule has 0 spiro atoms. The van der Waals surface area contributed by atoms with Crippen LogP contribution < -0.4 is 5.73 Å². The molecule has 1 aromatic rings. The Bertz CT molecular complexity index is 737. The number of benzene rings is 1. The molecule has 1 aromatic carbocycles. The lowest BCUT2D eigenvalue weighted by molar-refractivity contribution is -0.125. The van der Waals surface area contributed by atoms with Gasteiger partial charge in [0.25, 0.3) is 5.91 Å². The molecule has 3 atom stereocenters. The van der Waals surface area contributed by atoms with Crippen molar-refractivity contribution in [3.05, 3.63) is 45.4 Å². The second kappa shape index (κ2) is 5.73. The van der Waals surface area contributed by atoms with Crippen LogP contribution in [0.25, 0.3) is 5.57 Å². The van der Waals surface area contributed by atoms with Crippen molar-refractivity contribution in [1.82, 2.24) is 0 Å². The van der Waals surface area contributed by atoms with Crippen molar-refractivity contribution in [3.63, 3.8) is 0 Å². The van der Waals surface area contributed by atoms with Crippen LogP contribution in [0.2, 0.25) is 10.0 Å². The third kappa shape index (κ3) is 2.68. The van der Waals surface area contributed by atoms with E-state index in [9.17, 15) is 14.3 Å². The number of nitrogens with two attached hydrogens (primary N) is 1. The molecule has 3 unspecified atom stereocenters. The second-order valence-corrected chi connectivity index (χ2v) is 6.55. The first-order valence-electron chi connectivity index (χ1n) is 7.05. The number of hydrogen-bond donors (Lipinski definition) is 2. The first kappa shape index (κ1) is 16.1. The topological polar surface area (TPSA) is 72.6 Å². The Balaban J connectivity index is 2.18. The molecule has 7 heteroatoms. The first-order valence-corrected chi connectivity index (χ1v) is 7.80. The molecular weight excluding hydrogens is 344 g/mol. The lowest BCUT2D eigenvalue weighted by Crippen LogP contribution is -2.27. The van der Waals surface area contributed by atoms with Gasteiger partial charge in [0.1, 0.15) is 17.3 Å². The van der Waals surface area contributed by atoms with Crippen LogP contribution in [0, 0.1) is 11.8 Å². The number of primary amides is 1. The molecule has 0 bridgehead atoms. The average Bonchev–Trinajstić information content (AvgIpc) is 2.88. The quantitative estimate of drug-likeness (QED) is 0.845. The molecule has 1 saturated heterocycles. The summed E-state index contributed by atoms with van der Waals surface area (Å²) in [5.74, 6) is -1.32. The number of ether oxygens (including phenoxy) is 1. The molecule has 0 radical (unpaired) electrons. The molecule has 0 saturated carbocycles. The van der Waals surface area contributed by atoms with Crippen molar-refractivity contribution in [3.8, 4) is 5.75 Å². The number of phenols is 1. The highest BCUT2D eigenvalue weighted by molar-refractivity contribution is 6.38. The van der Waals surface area contributed by atoms with Crippen molar-refractivity contribution in [2.45, 2.75) is 19.4 Å². The van der Waals surface area contributed by atoms with E-state index in [1.807, 2.05) is 0 Å². The summed E-state index contributed by atoms with van der Waals surface area (Å²) in [5, 5.41) is 9.88. The Hall–Kier alpha value is -1.72. The number of amides is 1. The maximum absolute atomic E-state index is 14.3. The zero-order valence-electron chi connectivity index (χ0n) is 12.1. The Labute approximate surface area is 142 Å². The zero-order valence-corrected chi connectivity index (χ0v) is 13.7. The molecule has 2 aliphatic rings. The summed E-state index contributed by atoms with van der Waals surface area (Å²) in [6.45, 7) is 1.72. The first-order chi connectivity index (χ1) is 10.8. The van der Waals surface area contributed by atoms with Gasteiger partial charge in [-0.05, 0) is 18.2 Å². The Morgan fingerprint density at radius 3 is 2.57 bits per heavy atom. The predicted octanol–water partition coefficient (Wildman–Crippen LogP) is 3.80. The van der Waals surface area contributed by atoms with Crippen molar-refractivity contribution >= 4 is 34.7 Å². The van der Waals surface area contributed by atoms with Gasteiger partial charge in [0, 0.05) is 29.4 Å². The van der Waals surface area contributed by atoms with E-state index in [1.165, 1.54) is 18.2 Å². The molecule has 3 N–H and O–H groups in total. The monoisotopic (exact) mass is 357 g/mol. The fourth-order valence-corrected chi connectivity index (χ4v) is 3.72. The molecule has 1 aliphatic carbocycles. The van der Waals surface area contributed by atoms with Crippen molar-refractivity contribution in [1.29, 1.82) is 0 Å². The van der Waals surface area contributed by atoms with Crippen LogP contribution in [-0.2, 0) is 9.53 Å². The third-order valence-electron chi connectivity index (χ3n) is 4.27. The van der Waals surface area contributed by atoms with Gasteiger partial charge >= 0.3 is 0 Å². The van der Waals surface area contributed by atoms with Crippen LogP contribution in [0.3, 0.4) is 0 Å². The maximum Gasteiger partial charge on any atom is 0.258 e.